The summed E-state index contributed by atoms with van der Waals surface area (Å²) in [4.78, 5) is 26.6. The number of hydrogen-bond donors (Lipinski definition) is 1. The fourth-order valence-corrected chi connectivity index (χ4v) is 4.40. The third-order valence-electron chi connectivity index (χ3n) is 6.10. The Morgan fingerprint density at radius 3 is 2.58 bits per heavy atom. The van der Waals surface area contributed by atoms with Crippen LogP contribution in [0.2, 0.25) is 5.02 Å². The number of hydrogen-bond acceptors (Lipinski definition) is 3. The van der Waals surface area contributed by atoms with Crippen molar-refractivity contribution in [2.45, 2.75) is 25.7 Å². The van der Waals surface area contributed by atoms with Crippen LogP contribution in [0.1, 0.15) is 25.1 Å². The van der Waals surface area contributed by atoms with Crippen molar-refractivity contribution in [1.82, 2.24) is 19.7 Å². The highest BCUT2D eigenvalue weighted by Gasteiger charge is 2.37. The fourth-order valence-electron chi connectivity index (χ4n) is 4.27. The molecule has 1 aromatic heterocycles. The van der Waals surface area contributed by atoms with Gasteiger partial charge in [0.15, 0.2) is 0 Å². The highest BCUT2D eigenvalue weighted by atomic mass is 35.5. The van der Waals surface area contributed by atoms with Gasteiger partial charge in [0.2, 0.25) is 5.91 Å². The van der Waals surface area contributed by atoms with E-state index in [1.807, 2.05) is 17.0 Å². The Bertz CT molecular complexity index is 1180. The van der Waals surface area contributed by atoms with Crippen LogP contribution in [-0.4, -0.2) is 38.7 Å². The van der Waals surface area contributed by atoms with E-state index in [9.17, 15) is 9.59 Å². The third-order valence-corrected chi connectivity index (χ3v) is 6.36. The maximum absolute atomic E-state index is 15.0. The van der Waals surface area contributed by atoms with Crippen LogP contribution in [0.4, 0.5) is 4.39 Å². The summed E-state index contributed by atoms with van der Waals surface area (Å²) < 4.78 is 16.3. The van der Waals surface area contributed by atoms with Gasteiger partial charge < -0.3 is 4.90 Å². The number of carbonyl (C=O) groups excluding carboxylic acids is 1. The van der Waals surface area contributed by atoms with Crippen LogP contribution in [0.15, 0.2) is 47.3 Å². The molecular formula is C23H22ClFN4O2. The highest BCUT2D eigenvalue weighted by molar-refractivity contribution is 6.30. The number of aromatic nitrogens is 3. The van der Waals surface area contributed by atoms with Crippen molar-refractivity contribution in [3.05, 3.63) is 69.6 Å². The van der Waals surface area contributed by atoms with E-state index >= 15 is 4.39 Å². The Morgan fingerprint density at radius 2 is 1.87 bits per heavy atom. The number of nitrogens with one attached hydrogen (secondary N) is 1. The molecule has 1 aliphatic heterocycles. The zero-order chi connectivity index (χ0) is 21.5. The second kappa shape index (κ2) is 7.96. The van der Waals surface area contributed by atoms with Crippen molar-refractivity contribution in [2.24, 2.45) is 11.8 Å². The van der Waals surface area contributed by atoms with Crippen molar-refractivity contribution >= 4 is 17.5 Å². The molecule has 1 saturated heterocycles. The molecule has 0 unspecified atom stereocenters. The van der Waals surface area contributed by atoms with E-state index < -0.39 is 11.5 Å². The van der Waals surface area contributed by atoms with Gasteiger partial charge in [0, 0.05) is 30.5 Å². The summed E-state index contributed by atoms with van der Waals surface area (Å²) in [6, 6.07) is 11.9. The van der Waals surface area contributed by atoms with Crippen molar-refractivity contribution in [3.8, 4) is 16.8 Å². The molecule has 1 saturated carbocycles. The number of amides is 1. The Morgan fingerprint density at radius 1 is 1.13 bits per heavy atom. The molecule has 6 nitrogen and oxygen atoms in total. The molecular weight excluding hydrogens is 419 g/mol. The quantitative estimate of drug-likeness (QED) is 0.655. The predicted octanol–water partition coefficient (Wildman–Crippen LogP) is 3.82. The summed E-state index contributed by atoms with van der Waals surface area (Å²) in [5.74, 6) is 0.623. The van der Waals surface area contributed by atoms with Gasteiger partial charge in [-0.1, -0.05) is 29.8 Å². The fraction of sp³-hybridized carbons (Fsp3) is 0.348. The van der Waals surface area contributed by atoms with E-state index in [0.717, 1.165) is 31.4 Å². The summed E-state index contributed by atoms with van der Waals surface area (Å²) in [5, 5.41) is 7.20. The lowest BCUT2D eigenvalue weighted by Gasteiger charge is -2.16. The number of H-pyrrole nitrogens is 1. The van der Waals surface area contributed by atoms with Gasteiger partial charge in [-0.15, -0.1) is 0 Å². The predicted molar refractivity (Wildman–Crippen MR) is 116 cm³/mol. The van der Waals surface area contributed by atoms with Crippen molar-refractivity contribution in [2.75, 3.05) is 13.1 Å². The molecule has 1 amide bonds. The van der Waals surface area contributed by atoms with Gasteiger partial charge in [-0.05, 0) is 60.6 Å². The van der Waals surface area contributed by atoms with Crippen LogP contribution < -0.4 is 5.69 Å². The first kappa shape index (κ1) is 20.0. The van der Waals surface area contributed by atoms with Crippen LogP contribution in [0.3, 0.4) is 0 Å². The standard InChI is InChI=1S/C23H22ClFN4O2/c24-18-6-3-15(4-7-18)17-5-8-20(19(25)12-17)29-21(26-27-23(29)31)11-14-9-10-28(13-14)22(30)16-1-2-16/h3-8,12,14,16H,1-2,9-11,13H2,(H,27,31)/t14-/m0/s1. The van der Waals surface area contributed by atoms with Gasteiger partial charge in [0.1, 0.15) is 11.6 Å². The van der Waals surface area contributed by atoms with Gasteiger partial charge in [-0.2, -0.15) is 5.10 Å². The zero-order valence-corrected chi connectivity index (χ0v) is 17.6. The number of likely N-dealkylation sites (tertiary alicyclic amines) is 1. The number of carbonyl (C=O) groups is 1. The highest BCUT2D eigenvalue weighted by Crippen LogP contribution is 2.33. The topological polar surface area (TPSA) is 71.0 Å². The molecule has 2 fully saturated rings. The molecule has 0 bridgehead atoms. The number of halogens is 2. The first-order chi connectivity index (χ1) is 15.0. The van der Waals surface area contributed by atoms with Gasteiger partial charge >= 0.3 is 5.69 Å². The normalized spacial score (nSPS) is 18.5. The maximum atomic E-state index is 15.0. The van der Waals surface area contributed by atoms with Crippen LogP contribution in [0.25, 0.3) is 16.8 Å². The number of rotatable bonds is 5. The van der Waals surface area contributed by atoms with E-state index in [1.165, 1.54) is 10.6 Å². The minimum Gasteiger partial charge on any atom is -0.342 e. The maximum Gasteiger partial charge on any atom is 0.348 e. The average molecular weight is 441 g/mol. The van der Waals surface area contributed by atoms with E-state index in [1.54, 1.807) is 24.3 Å². The molecule has 31 heavy (non-hydrogen) atoms. The number of nitrogens with zero attached hydrogens (tertiary/aromatic N) is 3. The Labute approximate surface area is 183 Å². The summed E-state index contributed by atoms with van der Waals surface area (Å²) >= 11 is 5.93. The third kappa shape index (κ3) is 4.02. The van der Waals surface area contributed by atoms with Crippen molar-refractivity contribution in [3.63, 3.8) is 0 Å². The van der Waals surface area contributed by atoms with Gasteiger partial charge in [0.05, 0.1) is 5.69 Å². The first-order valence-corrected chi connectivity index (χ1v) is 10.9. The molecule has 1 N–H and O–H groups in total. The minimum absolute atomic E-state index is 0.162. The monoisotopic (exact) mass is 440 g/mol. The van der Waals surface area contributed by atoms with Crippen LogP contribution in [0, 0.1) is 17.7 Å². The van der Waals surface area contributed by atoms with Gasteiger partial charge in [-0.25, -0.2) is 18.9 Å². The van der Waals surface area contributed by atoms with Crippen LogP contribution >= 0.6 is 11.6 Å². The lowest BCUT2D eigenvalue weighted by Crippen LogP contribution is -2.30. The van der Waals surface area contributed by atoms with Crippen LogP contribution in [0.5, 0.6) is 0 Å². The van der Waals surface area contributed by atoms with Gasteiger partial charge in [-0.3, -0.25) is 4.79 Å². The number of aromatic amines is 1. The molecule has 3 aromatic rings. The average Bonchev–Trinajstić information content (AvgIpc) is 3.41. The van der Waals surface area contributed by atoms with Crippen LogP contribution in [-0.2, 0) is 11.2 Å². The lowest BCUT2D eigenvalue weighted by atomic mass is 10.0. The first-order valence-electron chi connectivity index (χ1n) is 10.5. The summed E-state index contributed by atoms with van der Waals surface area (Å²) in [7, 11) is 0. The van der Waals surface area contributed by atoms with E-state index in [4.69, 9.17) is 11.6 Å². The molecule has 1 aliphatic carbocycles. The molecule has 5 rings (SSSR count). The van der Waals surface area contributed by atoms with Gasteiger partial charge in [0.25, 0.3) is 0 Å². The second-order valence-corrected chi connectivity index (χ2v) is 8.81. The van der Waals surface area contributed by atoms with Crippen molar-refractivity contribution < 1.29 is 9.18 Å². The molecule has 1 atom stereocenters. The molecule has 2 heterocycles. The van der Waals surface area contributed by atoms with E-state index in [-0.39, 0.29) is 23.4 Å². The SMILES string of the molecule is O=C(C1CC1)N1CC[C@@H](Cc2n[nH]c(=O)n2-c2ccc(-c3ccc(Cl)cc3)cc2F)C1. The minimum atomic E-state index is -0.505. The molecule has 0 spiro atoms. The van der Waals surface area contributed by atoms with E-state index in [0.29, 0.717) is 29.4 Å². The lowest BCUT2D eigenvalue weighted by molar-refractivity contribution is -0.131. The Hall–Kier alpha value is -2.93. The molecule has 0 radical (unpaired) electrons. The molecule has 8 heteroatoms. The Balaban J connectivity index is 1.37. The molecule has 2 aliphatic rings. The summed E-state index contributed by atoms with van der Waals surface area (Å²) in [6.45, 7) is 1.40. The second-order valence-electron chi connectivity index (χ2n) is 8.37. The Kier molecular flexibility index (Phi) is 5.14. The van der Waals surface area contributed by atoms with E-state index in [2.05, 4.69) is 10.2 Å². The number of benzene rings is 2. The smallest absolute Gasteiger partial charge is 0.342 e. The van der Waals surface area contributed by atoms with Crippen molar-refractivity contribution in [1.29, 1.82) is 0 Å². The summed E-state index contributed by atoms with van der Waals surface area (Å²) in [5.41, 5.74) is 1.22. The summed E-state index contributed by atoms with van der Waals surface area (Å²) in [6.07, 6.45) is 3.34. The molecule has 160 valence electrons. The molecule has 2 aromatic carbocycles. The largest absolute Gasteiger partial charge is 0.348 e. The zero-order valence-electron chi connectivity index (χ0n) is 16.9.